The number of aryl methyl sites for hydroxylation is 2. The lowest BCUT2D eigenvalue weighted by Crippen LogP contribution is -2.22. The van der Waals surface area contributed by atoms with Gasteiger partial charge in [0.1, 0.15) is 0 Å². The van der Waals surface area contributed by atoms with Crippen LogP contribution in [0, 0.1) is 0 Å². The number of hydrogen-bond acceptors (Lipinski definition) is 5. The van der Waals surface area contributed by atoms with Crippen LogP contribution in [0.4, 0.5) is 5.69 Å². The zero-order chi connectivity index (χ0) is 19.0. The summed E-state index contributed by atoms with van der Waals surface area (Å²) < 4.78 is 3.84. The highest BCUT2D eigenvalue weighted by molar-refractivity contribution is 8.00. The van der Waals surface area contributed by atoms with Crippen molar-refractivity contribution in [1.82, 2.24) is 24.8 Å². The van der Waals surface area contributed by atoms with Crippen molar-refractivity contribution in [2.24, 2.45) is 7.05 Å². The van der Waals surface area contributed by atoms with Crippen molar-refractivity contribution in [3.05, 3.63) is 42.5 Å². The van der Waals surface area contributed by atoms with Crippen LogP contribution in [-0.4, -0.2) is 35.9 Å². The third-order valence-corrected chi connectivity index (χ3v) is 5.71. The lowest BCUT2D eigenvalue weighted by Gasteiger charge is -2.11. The summed E-state index contributed by atoms with van der Waals surface area (Å²) in [6.07, 6.45) is 0. The number of aromatic nitrogens is 5. The van der Waals surface area contributed by atoms with Crippen LogP contribution in [-0.2, 0) is 18.4 Å². The van der Waals surface area contributed by atoms with E-state index in [9.17, 15) is 4.79 Å². The number of nitrogens with one attached hydrogen (secondary N) is 1. The summed E-state index contributed by atoms with van der Waals surface area (Å²) >= 11 is 1.33. The number of benzene rings is 2. The largest absolute Gasteiger partial charge is 0.341 e. The molecule has 0 aliphatic carbocycles. The number of amides is 1. The van der Waals surface area contributed by atoms with Gasteiger partial charge in [-0.05, 0) is 48.5 Å². The van der Waals surface area contributed by atoms with Crippen LogP contribution in [0.2, 0.25) is 0 Å². The number of carbonyl (C=O) groups is 1. The van der Waals surface area contributed by atoms with E-state index in [-0.39, 0.29) is 11.2 Å². The minimum Gasteiger partial charge on any atom is -0.341 e. The maximum absolute atomic E-state index is 12.6. The van der Waals surface area contributed by atoms with Crippen molar-refractivity contribution >= 4 is 45.2 Å². The first-order valence-electron chi connectivity index (χ1n) is 8.79. The average Bonchev–Trinajstić information content (AvgIpc) is 3.22. The molecule has 1 N–H and O–H groups in total. The quantitative estimate of drug-likeness (QED) is 0.537. The molecular weight excluding hydrogens is 360 g/mol. The number of anilines is 1. The Balaban J connectivity index is 1.61. The van der Waals surface area contributed by atoms with Gasteiger partial charge in [0.15, 0.2) is 0 Å². The molecule has 0 fully saturated rings. The number of nitrogens with zero attached hydrogens (tertiary/aromatic N) is 5. The van der Waals surface area contributed by atoms with E-state index in [0.717, 1.165) is 17.6 Å². The molecule has 0 aliphatic heterocycles. The van der Waals surface area contributed by atoms with Gasteiger partial charge in [0.25, 0.3) is 0 Å². The number of para-hydroxylation sites is 1. The number of fused-ring (bicyclic) bond motifs is 3. The van der Waals surface area contributed by atoms with Crippen molar-refractivity contribution in [2.45, 2.75) is 30.8 Å². The van der Waals surface area contributed by atoms with Gasteiger partial charge >= 0.3 is 0 Å². The van der Waals surface area contributed by atoms with Gasteiger partial charge in [-0.25, -0.2) is 4.68 Å². The maximum atomic E-state index is 12.6. The van der Waals surface area contributed by atoms with E-state index < -0.39 is 0 Å². The second-order valence-corrected chi connectivity index (χ2v) is 7.64. The number of thioether (sulfide) groups is 1. The zero-order valence-electron chi connectivity index (χ0n) is 15.4. The minimum absolute atomic E-state index is 0.0819. The molecule has 0 bridgehead atoms. The van der Waals surface area contributed by atoms with Crippen LogP contribution in [0.1, 0.15) is 13.8 Å². The first-order valence-corrected chi connectivity index (χ1v) is 9.67. The van der Waals surface area contributed by atoms with E-state index in [1.807, 2.05) is 25.1 Å². The van der Waals surface area contributed by atoms with Crippen LogP contribution in [0.3, 0.4) is 0 Å². The summed E-state index contributed by atoms with van der Waals surface area (Å²) in [5, 5.41) is 16.9. The molecule has 0 spiro atoms. The summed E-state index contributed by atoms with van der Waals surface area (Å²) in [6, 6.07) is 14.4. The van der Waals surface area contributed by atoms with Gasteiger partial charge in [-0.3, -0.25) is 4.79 Å². The first-order chi connectivity index (χ1) is 13.1. The van der Waals surface area contributed by atoms with Gasteiger partial charge in [0, 0.05) is 41.1 Å². The highest BCUT2D eigenvalue weighted by Crippen LogP contribution is 2.31. The van der Waals surface area contributed by atoms with Gasteiger partial charge in [-0.2, -0.15) is 0 Å². The summed E-state index contributed by atoms with van der Waals surface area (Å²) in [7, 11) is 1.75. The van der Waals surface area contributed by atoms with Crippen molar-refractivity contribution in [2.75, 3.05) is 5.32 Å². The Labute approximate surface area is 160 Å². The third kappa shape index (κ3) is 3.16. The van der Waals surface area contributed by atoms with Gasteiger partial charge in [-0.1, -0.05) is 30.0 Å². The van der Waals surface area contributed by atoms with E-state index >= 15 is 0 Å². The van der Waals surface area contributed by atoms with E-state index in [2.05, 4.69) is 56.6 Å². The monoisotopic (exact) mass is 380 g/mol. The molecule has 4 rings (SSSR count). The topological polar surface area (TPSA) is 77.6 Å². The summed E-state index contributed by atoms with van der Waals surface area (Å²) in [6.45, 7) is 4.88. The molecule has 2 aromatic heterocycles. The summed E-state index contributed by atoms with van der Waals surface area (Å²) in [5.74, 6) is -0.0819. The van der Waals surface area contributed by atoms with Crippen LogP contribution < -0.4 is 5.32 Å². The van der Waals surface area contributed by atoms with Crippen molar-refractivity contribution in [3.8, 4) is 0 Å². The Morgan fingerprint density at radius 2 is 1.96 bits per heavy atom. The minimum atomic E-state index is -0.317. The Hall–Kier alpha value is -2.87. The number of carbonyl (C=O) groups excluding carboxylic acids is 1. The second-order valence-electron chi connectivity index (χ2n) is 6.33. The van der Waals surface area contributed by atoms with E-state index in [1.165, 1.54) is 28.2 Å². The zero-order valence-corrected chi connectivity index (χ0v) is 16.2. The van der Waals surface area contributed by atoms with Gasteiger partial charge < -0.3 is 9.88 Å². The van der Waals surface area contributed by atoms with E-state index in [1.54, 1.807) is 11.7 Å². The highest BCUT2D eigenvalue weighted by Gasteiger charge is 2.18. The molecule has 27 heavy (non-hydrogen) atoms. The Kier molecular flexibility index (Phi) is 4.57. The first kappa shape index (κ1) is 17.5. The van der Waals surface area contributed by atoms with Crippen molar-refractivity contribution < 1.29 is 4.79 Å². The maximum Gasteiger partial charge on any atom is 0.237 e. The Morgan fingerprint density at radius 3 is 2.70 bits per heavy atom. The molecule has 0 radical (unpaired) electrons. The molecule has 8 heteroatoms. The normalized spacial score (nSPS) is 12.6. The van der Waals surface area contributed by atoms with E-state index in [0.29, 0.717) is 5.16 Å². The van der Waals surface area contributed by atoms with Crippen LogP contribution in [0.15, 0.2) is 47.6 Å². The second kappa shape index (κ2) is 7.03. The highest BCUT2D eigenvalue weighted by atomic mass is 32.2. The van der Waals surface area contributed by atoms with Crippen LogP contribution in [0.5, 0.6) is 0 Å². The molecule has 7 nitrogen and oxygen atoms in total. The number of hydrogen-bond donors (Lipinski definition) is 1. The fourth-order valence-corrected chi connectivity index (χ4v) is 4.00. The van der Waals surface area contributed by atoms with Gasteiger partial charge in [-0.15, -0.1) is 5.10 Å². The molecular formula is C19H20N6OS. The predicted molar refractivity (Wildman–Crippen MR) is 108 cm³/mol. The fourth-order valence-electron chi connectivity index (χ4n) is 3.25. The lowest BCUT2D eigenvalue weighted by atomic mass is 10.1. The molecule has 0 saturated carbocycles. The van der Waals surface area contributed by atoms with Crippen LogP contribution in [0.25, 0.3) is 21.8 Å². The molecule has 2 aromatic carbocycles. The summed E-state index contributed by atoms with van der Waals surface area (Å²) in [4.78, 5) is 12.6. The molecule has 0 aliphatic rings. The number of rotatable bonds is 5. The van der Waals surface area contributed by atoms with Crippen molar-refractivity contribution in [3.63, 3.8) is 0 Å². The van der Waals surface area contributed by atoms with Gasteiger partial charge in [0.2, 0.25) is 11.1 Å². The van der Waals surface area contributed by atoms with E-state index in [4.69, 9.17) is 0 Å². The Morgan fingerprint density at radius 1 is 1.19 bits per heavy atom. The number of tetrazole rings is 1. The fraction of sp³-hybridized carbons (Fsp3) is 0.263. The lowest BCUT2D eigenvalue weighted by molar-refractivity contribution is -0.115. The third-order valence-electron chi connectivity index (χ3n) is 4.59. The standard InChI is InChI=1S/C19H20N6OS/c1-4-25-16-8-6-5-7-14(16)15-11-13(9-10-17(15)25)20-18(26)12(2)27-19-21-22-23-24(19)3/h5-12H,4H2,1-3H3,(H,20,26)/t12-/m0/s1. The average molecular weight is 380 g/mol. The summed E-state index contributed by atoms with van der Waals surface area (Å²) in [5.41, 5.74) is 3.16. The van der Waals surface area contributed by atoms with Gasteiger partial charge in [0.05, 0.1) is 5.25 Å². The smallest absolute Gasteiger partial charge is 0.237 e. The SMILES string of the molecule is CCn1c2ccccc2c2cc(NC(=O)[C@H](C)Sc3nnnn3C)ccc21. The molecule has 1 atom stereocenters. The van der Waals surface area contributed by atoms with Crippen LogP contribution >= 0.6 is 11.8 Å². The molecule has 138 valence electrons. The molecule has 2 heterocycles. The molecule has 4 aromatic rings. The Bertz CT molecular complexity index is 1130. The molecule has 0 unspecified atom stereocenters. The van der Waals surface area contributed by atoms with Crippen molar-refractivity contribution in [1.29, 1.82) is 0 Å². The predicted octanol–water partition coefficient (Wildman–Crippen LogP) is 3.46. The molecule has 0 saturated heterocycles. The molecule has 1 amide bonds.